The first kappa shape index (κ1) is 13.5. The highest BCUT2D eigenvalue weighted by molar-refractivity contribution is 5.72. The van der Waals surface area contributed by atoms with Crippen LogP contribution in [0.2, 0.25) is 0 Å². The molecular formula is C13H19NO3. The predicted octanol–water partition coefficient (Wildman–Crippen LogP) is 1.96. The highest BCUT2D eigenvalue weighted by atomic mass is 16.5. The molecule has 17 heavy (non-hydrogen) atoms. The summed E-state index contributed by atoms with van der Waals surface area (Å²) in [5.41, 5.74) is 2.12. The van der Waals surface area contributed by atoms with Crippen molar-refractivity contribution in [3.63, 3.8) is 0 Å². The zero-order valence-corrected chi connectivity index (χ0v) is 10.5. The van der Waals surface area contributed by atoms with Crippen LogP contribution in [0.4, 0.5) is 0 Å². The Labute approximate surface area is 102 Å². The molecule has 0 aliphatic heterocycles. The summed E-state index contributed by atoms with van der Waals surface area (Å²) in [5.74, 6) is -0.327. The summed E-state index contributed by atoms with van der Waals surface area (Å²) >= 11 is 0. The lowest BCUT2D eigenvalue weighted by Gasteiger charge is -2.15. The van der Waals surface area contributed by atoms with E-state index in [0.717, 1.165) is 17.7 Å². The third-order valence-electron chi connectivity index (χ3n) is 2.43. The number of carbonyl (C=O) groups is 1. The van der Waals surface area contributed by atoms with Crippen molar-refractivity contribution in [2.24, 2.45) is 0 Å². The summed E-state index contributed by atoms with van der Waals surface area (Å²) in [6, 6.07) is 5.74. The maximum Gasteiger partial charge on any atom is 0.344 e. The molecule has 0 saturated carbocycles. The van der Waals surface area contributed by atoms with Gasteiger partial charge in [-0.3, -0.25) is 0 Å². The summed E-state index contributed by atoms with van der Waals surface area (Å²) < 4.78 is 5.42. The molecule has 0 fully saturated rings. The van der Waals surface area contributed by atoms with Gasteiger partial charge in [-0.2, -0.15) is 0 Å². The molecule has 1 unspecified atom stereocenters. The Bertz CT molecular complexity index is 390. The third kappa shape index (κ3) is 4.07. The zero-order valence-electron chi connectivity index (χ0n) is 10.5. The molecular weight excluding hydrogens is 218 g/mol. The van der Waals surface area contributed by atoms with Crippen LogP contribution in [0.3, 0.4) is 0 Å². The molecule has 0 bridgehead atoms. The van der Waals surface area contributed by atoms with Crippen molar-refractivity contribution in [1.29, 1.82) is 0 Å². The van der Waals surface area contributed by atoms with Crippen molar-refractivity contribution < 1.29 is 14.6 Å². The van der Waals surface area contributed by atoms with Crippen molar-refractivity contribution >= 4 is 5.97 Å². The normalized spacial score (nSPS) is 12.2. The molecule has 4 nitrogen and oxygen atoms in total. The van der Waals surface area contributed by atoms with Gasteiger partial charge in [0.2, 0.25) is 0 Å². The molecule has 0 aliphatic carbocycles. The van der Waals surface area contributed by atoms with Crippen LogP contribution < -0.4 is 10.1 Å². The standard InChI is InChI=1S/C13H19NO3/c1-4-14-8-11-7-9(2)5-6-12(11)17-10(3)13(15)16/h5-7,10,14H,4,8H2,1-3H3,(H,15,16). The molecule has 0 heterocycles. The Morgan fingerprint density at radius 2 is 2.24 bits per heavy atom. The lowest BCUT2D eigenvalue weighted by atomic mass is 10.1. The van der Waals surface area contributed by atoms with Gasteiger partial charge >= 0.3 is 5.97 Å². The first-order valence-corrected chi connectivity index (χ1v) is 5.74. The van der Waals surface area contributed by atoms with Gasteiger partial charge in [-0.25, -0.2) is 4.79 Å². The minimum atomic E-state index is -0.958. The van der Waals surface area contributed by atoms with E-state index in [2.05, 4.69) is 5.32 Å². The van der Waals surface area contributed by atoms with E-state index in [9.17, 15) is 4.79 Å². The van der Waals surface area contributed by atoms with Crippen molar-refractivity contribution in [3.8, 4) is 5.75 Å². The van der Waals surface area contributed by atoms with Crippen LogP contribution in [0.15, 0.2) is 18.2 Å². The molecule has 0 saturated heterocycles. The van der Waals surface area contributed by atoms with E-state index in [-0.39, 0.29) is 0 Å². The molecule has 0 aromatic heterocycles. The van der Waals surface area contributed by atoms with Crippen molar-refractivity contribution in [2.45, 2.75) is 33.4 Å². The molecule has 0 aliphatic rings. The van der Waals surface area contributed by atoms with Crippen molar-refractivity contribution in [1.82, 2.24) is 5.32 Å². The van der Waals surface area contributed by atoms with Crippen LogP contribution in [-0.2, 0) is 11.3 Å². The number of aliphatic carboxylic acids is 1. The van der Waals surface area contributed by atoms with Gasteiger partial charge in [0.25, 0.3) is 0 Å². The van der Waals surface area contributed by atoms with E-state index in [1.54, 1.807) is 0 Å². The smallest absolute Gasteiger partial charge is 0.344 e. The first-order chi connectivity index (χ1) is 8.04. The second kappa shape index (κ2) is 6.25. The van der Waals surface area contributed by atoms with E-state index < -0.39 is 12.1 Å². The highest BCUT2D eigenvalue weighted by Crippen LogP contribution is 2.21. The predicted molar refractivity (Wildman–Crippen MR) is 66.3 cm³/mol. The van der Waals surface area contributed by atoms with Crippen LogP contribution in [0, 0.1) is 6.92 Å². The largest absolute Gasteiger partial charge is 0.479 e. The lowest BCUT2D eigenvalue weighted by molar-refractivity contribution is -0.144. The summed E-state index contributed by atoms with van der Waals surface area (Å²) in [6.45, 7) is 7.09. The number of hydrogen-bond acceptors (Lipinski definition) is 3. The van der Waals surface area contributed by atoms with Gasteiger partial charge in [0.05, 0.1) is 0 Å². The van der Waals surface area contributed by atoms with Gasteiger partial charge in [0, 0.05) is 12.1 Å². The molecule has 2 N–H and O–H groups in total. The van der Waals surface area contributed by atoms with Crippen molar-refractivity contribution in [2.75, 3.05) is 6.54 Å². The van der Waals surface area contributed by atoms with Crippen LogP contribution in [-0.4, -0.2) is 23.7 Å². The van der Waals surface area contributed by atoms with E-state index >= 15 is 0 Å². The first-order valence-electron chi connectivity index (χ1n) is 5.74. The second-order valence-electron chi connectivity index (χ2n) is 3.99. The molecule has 0 radical (unpaired) electrons. The maximum absolute atomic E-state index is 10.8. The minimum Gasteiger partial charge on any atom is -0.479 e. The number of aryl methyl sites for hydroxylation is 1. The minimum absolute atomic E-state index is 0.631. The van der Waals surface area contributed by atoms with Gasteiger partial charge in [-0.1, -0.05) is 24.6 Å². The summed E-state index contributed by atoms with van der Waals surface area (Å²) in [5, 5.41) is 12.0. The third-order valence-corrected chi connectivity index (χ3v) is 2.43. The number of hydrogen-bond donors (Lipinski definition) is 2. The van der Waals surface area contributed by atoms with Crippen LogP contribution in [0.5, 0.6) is 5.75 Å². The van der Waals surface area contributed by atoms with Gasteiger partial charge in [-0.05, 0) is 26.5 Å². The summed E-state index contributed by atoms with van der Waals surface area (Å²) in [6.07, 6.45) is -0.835. The Kier molecular flexibility index (Phi) is 4.97. The van der Waals surface area contributed by atoms with E-state index in [1.165, 1.54) is 6.92 Å². The number of rotatable bonds is 6. The van der Waals surface area contributed by atoms with Crippen LogP contribution >= 0.6 is 0 Å². The fourth-order valence-corrected chi connectivity index (χ4v) is 1.46. The lowest BCUT2D eigenvalue weighted by Crippen LogP contribution is -2.24. The Hall–Kier alpha value is -1.55. The van der Waals surface area contributed by atoms with Crippen LogP contribution in [0.1, 0.15) is 25.0 Å². The summed E-state index contributed by atoms with van der Waals surface area (Å²) in [4.78, 5) is 10.8. The topological polar surface area (TPSA) is 58.6 Å². The van der Waals surface area contributed by atoms with Gasteiger partial charge in [0.1, 0.15) is 5.75 Å². The highest BCUT2D eigenvalue weighted by Gasteiger charge is 2.14. The monoisotopic (exact) mass is 237 g/mol. The number of carboxylic acids is 1. The number of benzene rings is 1. The fraction of sp³-hybridized carbons (Fsp3) is 0.462. The zero-order chi connectivity index (χ0) is 12.8. The quantitative estimate of drug-likeness (QED) is 0.794. The molecule has 0 spiro atoms. The van der Waals surface area contributed by atoms with E-state index in [4.69, 9.17) is 9.84 Å². The van der Waals surface area contributed by atoms with Gasteiger partial charge in [0.15, 0.2) is 6.10 Å². The molecule has 94 valence electrons. The van der Waals surface area contributed by atoms with Crippen LogP contribution in [0.25, 0.3) is 0 Å². The number of nitrogens with one attached hydrogen (secondary N) is 1. The molecule has 1 aromatic rings. The Morgan fingerprint density at radius 1 is 1.53 bits per heavy atom. The maximum atomic E-state index is 10.8. The molecule has 1 rings (SSSR count). The van der Waals surface area contributed by atoms with Gasteiger partial charge < -0.3 is 15.2 Å². The SMILES string of the molecule is CCNCc1cc(C)ccc1OC(C)C(=O)O. The summed E-state index contributed by atoms with van der Waals surface area (Å²) in [7, 11) is 0. The second-order valence-corrected chi connectivity index (χ2v) is 3.99. The average molecular weight is 237 g/mol. The Morgan fingerprint density at radius 3 is 2.82 bits per heavy atom. The molecule has 0 amide bonds. The van der Waals surface area contributed by atoms with E-state index in [0.29, 0.717) is 12.3 Å². The van der Waals surface area contributed by atoms with Gasteiger partial charge in [-0.15, -0.1) is 0 Å². The van der Waals surface area contributed by atoms with Crippen molar-refractivity contribution in [3.05, 3.63) is 29.3 Å². The van der Waals surface area contributed by atoms with E-state index in [1.807, 2.05) is 32.0 Å². The molecule has 1 aromatic carbocycles. The molecule has 1 atom stereocenters. The average Bonchev–Trinajstić information content (AvgIpc) is 2.29. The molecule has 4 heteroatoms. The number of ether oxygens (including phenoxy) is 1. The number of carboxylic acid groups (broad SMARTS) is 1. The Balaban J connectivity index is 2.85. The fourth-order valence-electron chi connectivity index (χ4n) is 1.46.